The number of hydrogen-bond donors (Lipinski definition) is 6. The maximum absolute atomic E-state index is 12.2. The van der Waals surface area contributed by atoms with Crippen LogP contribution in [-0.4, -0.2) is 58.9 Å². The summed E-state index contributed by atoms with van der Waals surface area (Å²) >= 11 is 0. The van der Waals surface area contributed by atoms with Crippen molar-refractivity contribution in [2.45, 2.75) is 58.3 Å². The summed E-state index contributed by atoms with van der Waals surface area (Å²) in [5.74, 6) is -4.63. The molecule has 11 nitrogen and oxygen atoms in total. The molecule has 11 heteroatoms. The van der Waals surface area contributed by atoms with Gasteiger partial charge in [-0.15, -0.1) is 0 Å². The Bertz CT molecular complexity index is 563. The zero-order valence-corrected chi connectivity index (χ0v) is 15.2. The van der Waals surface area contributed by atoms with Crippen molar-refractivity contribution < 1.29 is 29.1 Å². The van der Waals surface area contributed by atoms with Gasteiger partial charge in [-0.25, -0.2) is 4.79 Å². The topological polar surface area (TPSA) is 194 Å². The molecule has 0 radical (unpaired) electrons. The molecule has 0 aromatic rings. The lowest BCUT2D eigenvalue weighted by molar-refractivity contribution is -0.143. The van der Waals surface area contributed by atoms with E-state index in [-0.39, 0.29) is 5.92 Å². The van der Waals surface area contributed by atoms with Crippen molar-refractivity contribution in [1.29, 1.82) is 0 Å². The summed E-state index contributed by atoms with van der Waals surface area (Å²) in [6, 6.07) is -4.45. The van der Waals surface area contributed by atoms with Crippen LogP contribution < -0.4 is 27.4 Å². The Kier molecular flexibility index (Phi) is 9.27. The van der Waals surface area contributed by atoms with Crippen LogP contribution in [0.5, 0.6) is 0 Å². The SMILES string of the molecule is CC(N)C(=O)NC(CC(N)=O)C(=O)NC(C)C(=O)NC(C(=O)O)C(C)C. The number of rotatable bonds is 10. The second-order valence-electron chi connectivity index (χ2n) is 6.32. The molecule has 0 aliphatic rings. The number of carboxylic acids is 1. The number of amides is 4. The minimum atomic E-state index is -1.30. The van der Waals surface area contributed by atoms with Crippen molar-refractivity contribution in [2.24, 2.45) is 17.4 Å². The van der Waals surface area contributed by atoms with Crippen LogP contribution >= 0.6 is 0 Å². The van der Waals surface area contributed by atoms with E-state index in [1.54, 1.807) is 13.8 Å². The van der Waals surface area contributed by atoms with Gasteiger partial charge in [-0.1, -0.05) is 13.8 Å². The average Bonchev–Trinajstić information content (AvgIpc) is 2.49. The summed E-state index contributed by atoms with van der Waals surface area (Å²) < 4.78 is 0. The second-order valence-corrected chi connectivity index (χ2v) is 6.32. The fraction of sp³-hybridized carbons (Fsp3) is 0.667. The summed E-state index contributed by atoms with van der Waals surface area (Å²) in [5, 5.41) is 16.0. The Morgan fingerprint density at radius 2 is 1.42 bits per heavy atom. The minimum absolute atomic E-state index is 0.368. The van der Waals surface area contributed by atoms with Crippen molar-refractivity contribution in [1.82, 2.24) is 16.0 Å². The van der Waals surface area contributed by atoms with Crippen molar-refractivity contribution >= 4 is 29.6 Å². The van der Waals surface area contributed by atoms with E-state index < -0.39 is 60.2 Å². The molecule has 0 aromatic carbocycles. The van der Waals surface area contributed by atoms with Crippen molar-refractivity contribution in [3.63, 3.8) is 0 Å². The molecule has 0 fully saturated rings. The molecule has 4 unspecified atom stereocenters. The molecule has 0 saturated carbocycles. The van der Waals surface area contributed by atoms with Crippen LogP contribution in [0, 0.1) is 5.92 Å². The predicted molar refractivity (Wildman–Crippen MR) is 91.4 cm³/mol. The third-order valence-electron chi connectivity index (χ3n) is 3.43. The maximum Gasteiger partial charge on any atom is 0.326 e. The molecule has 0 aliphatic carbocycles. The van der Waals surface area contributed by atoms with Gasteiger partial charge in [0.1, 0.15) is 18.1 Å². The van der Waals surface area contributed by atoms with E-state index in [1.165, 1.54) is 13.8 Å². The van der Waals surface area contributed by atoms with Gasteiger partial charge in [0.2, 0.25) is 23.6 Å². The second kappa shape index (κ2) is 10.3. The van der Waals surface area contributed by atoms with E-state index in [0.29, 0.717) is 0 Å². The largest absolute Gasteiger partial charge is 0.480 e. The molecular weight excluding hydrogens is 346 g/mol. The van der Waals surface area contributed by atoms with E-state index >= 15 is 0 Å². The van der Waals surface area contributed by atoms with Crippen LogP contribution in [-0.2, 0) is 24.0 Å². The number of carboxylic acid groups (broad SMARTS) is 1. The van der Waals surface area contributed by atoms with Gasteiger partial charge in [0.25, 0.3) is 0 Å². The lowest BCUT2D eigenvalue weighted by atomic mass is 10.0. The number of aliphatic carboxylic acids is 1. The smallest absolute Gasteiger partial charge is 0.326 e. The van der Waals surface area contributed by atoms with Gasteiger partial charge in [-0.05, 0) is 19.8 Å². The molecule has 4 atom stereocenters. The van der Waals surface area contributed by atoms with Crippen LogP contribution in [0.4, 0.5) is 0 Å². The molecule has 0 aliphatic heterocycles. The fourth-order valence-corrected chi connectivity index (χ4v) is 1.88. The number of nitrogens with one attached hydrogen (secondary N) is 3. The zero-order valence-electron chi connectivity index (χ0n) is 15.2. The van der Waals surface area contributed by atoms with Crippen LogP contribution in [0.15, 0.2) is 0 Å². The highest BCUT2D eigenvalue weighted by molar-refractivity contribution is 5.95. The molecule has 0 heterocycles. The summed E-state index contributed by atoms with van der Waals surface area (Å²) in [6.45, 7) is 5.97. The molecule has 4 amide bonds. The predicted octanol–water partition coefficient (Wildman–Crippen LogP) is -2.58. The number of nitrogens with two attached hydrogens (primary N) is 2. The summed E-state index contributed by atoms with van der Waals surface area (Å²) in [4.78, 5) is 58.2. The Labute approximate surface area is 151 Å². The molecular formula is C15H27N5O6. The van der Waals surface area contributed by atoms with Gasteiger partial charge in [0.05, 0.1) is 12.5 Å². The van der Waals surface area contributed by atoms with Crippen LogP contribution in [0.1, 0.15) is 34.1 Å². The monoisotopic (exact) mass is 373 g/mol. The first kappa shape index (κ1) is 23.3. The minimum Gasteiger partial charge on any atom is -0.480 e. The fourth-order valence-electron chi connectivity index (χ4n) is 1.88. The summed E-state index contributed by atoms with van der Waals surface area (Å²) in [7, 11) is 0. The third kappa shape index (κ3) is 7.92. The molecule has 0 aromatic heterocycles. The Hall–Kier alpha value is -2.69. The first-order valence-electron chi connectivity index (χ1n) is 8.04. The average molecular weight is 373 g/mol. The lowest BCUT2D eigenvalue weighted by Gasteiger charge is -2.23. The Balaban J connectivity index is 4.99. The first-order valence-corrected chi connectivity index (χ1v) is 8.04. The van der Waals surface area contributed by atoms with E-state index in [2.05, 4.69) is 16.0 Å². The number of carbonyl (C=O) groups excluding carboxylic acids is 4. The van der Waals surface area contributed by atoms with Crippen LogP contribution in [0.2, 0.25) is 0 Å². The standard InChI is InChI=1S/C15H27N5O6/c1-6(2)11(15(25)26)20-13(23)8(4)18-14(24)9(5-10(17)21)19-12(22)7(3)16/h6-9,11H,5,16H2,1-4H3,(H2,17,21)(H,18,24)(H,19,22)(H,20,23)(H,25,26). The van der Waals surface area contributed by atoms with Gasteiger partial charge < -0.3 is 32.5 Å². The molecule has 0 bridgehead atoms. The molecule has 26 heavy (non-hydrogen) atoms. The van der Waals surface area contributed by atoms with Crippen molar-refractivity contribution in [2.75, 3.05) is 0 Å². The first-order chi connectivity index (χ1) is 11.9. The maximum atomic E-state index is 12.2. The Morgan fingerprint density at radius 3 is 1.81 bits per heavy atom. The van der Waals surface area contributed by atoms with Crippen molar-refractivity contribution in [3.05, 3.63) is 0 Å². The normalized spacial score (nSPS) is 15.3. The molecule has 0 rings (SSSR count). The van der Waals surface area contributed by atoms with E-state index in [1.807, 2.05) is 0 Å². The van der Waals surface area contributed by atoms with Gasteiger partial charge in [0.15, 0.2) is 0 Å². The van der Waals surface area contributed by atoms with Crippen LogP contribution in [0.25, 0.3) is 0 Å². The molecule has 0 spiro atoms. The molecule has 0 saturated heterocycles. The quantitative estimate of drug-likeness (QED) is 0.242. The number of hydrogen-bond acceptors (Lipinski definition) is 6. The van der Waals surface area contributed by atoms with E-state index in [0.717, 1.165) is 0 Å². The molecule has 8 N–H and O–H groups in total. The number of primary amides is 1. The van der Waals surface area contributed by atoms with Gasteiger partial charge in [-0.2, -0.15) is 0 Å². The van der Waals surface area contributed by atoms with Gasteiger partial charge >= 0.3 is 5.97 Å². The van der Waals surface area contributed by atoms with Gasteiger partial charge in [-0.3, -0.25) is 19.2 Å². The summed E-state index contributed by atoms with van der Waals surface area (Å²) in [6.07, 6.45) is -0.484. The highest BCUT2D eigenvalue weighted by Crippen LogP contribution is 2.02. The molecule has 148 valence electrons. The van der Waals surface area contributed by atoms with Crippen molar-refractivity contribution in [3.8, 4) is 0 Å². The van der Waals surface area contributed by atoms with Gasteiger partial charge in [0, 0.05) is 0 Å². The van der Waals surface area contributed by atoms with Crippen LogP contribution in [0.3, 0.4) is 0 Å². The van der Waals surface area contributed by atoms with E-state index in [9.17, 15) is 24.0 Å². The zero-order chi connectivity index (χ0) is 20.6. The van der Waals surface area contributed by atoms with E-state index in [4.69, 9.17) is 16.6 Å². The third-order valence-corrected chi connectivity index (χ3v) is 3.43. The lowest BCUT2D eigenvalue weighted by Crippen LogP contribution is -2.57. The summed E-state index contributed by atoms with van der Waals surface area (Å²) in [5.41, 5.74) is 10.5. The Morgan fingerprint density at radius 1 is 0.885 bits per heavy atom. The number of carbonyl (C=O) groups is 5. The highest BCUT2D eigenvalue weighted by Gasteiger charge is 2.29. The highest BCUT2D eigenvalue weighted by atomic mass is 16.4.